The van der Waals surface area contributed by atoms with E-state index in [0.717, 1.165) is 0 Å². The maximum Gasteiger partial charge on any atom is 0.120 e. The van der Waals surface area contributed by atoms with Crippen LogP contribution in [0.3, 0.4) is 0 Å². The molecule has 0 aromatic heterocycles. The number of hydrogen-bond donors (Lipinski definition) is 4. The van der Waals surface area contributed by atoms with Gasteiger partial charge in [0.05, 0.1) is 0 Å². The van der Waals surface area contributed by atoms with Gasteiger partial charge in [0.1, 0.15) is 11.5 Å². The first-order valence-corrected chi connectivity index (χ1v) is 3.62. The predicted molar refractivity (Wildman–Crippen MR) is 45.8 cm³/mol. The third-order valence-corrected chi connectivity index (χ3v) is 1.66. The van der Waals surface area contributed by atoms with Crippen LogP contribution in [0, 0.1) is 0 Å². The summed E-state index contributed by atoms with van der Waals surface area (Å²) in [4.78, 5) is 0. The van der Waals surface area contributed by atoms with Crippen molar-refractivity contribution < 1.29 is 10.2 Å². The lowest BCUT2D eigenvalue weighted by Gasteiger charge is -2.10. The quantitative estimate of drug-likeness (QED) is 0.470. The third kappa shape index (κ3) is 1.66. The molecule has 0 saturated heterocycles. The molecule has 0 heterocycles. The maximum absolute atomic E-state index is 9.29. The number of phenolic OH excluding ortho intramolecular Hbond substituents is 2. The average Bonchev–Trinajstić information content (AvgIpc) is 2.08. The monoisotopic (exact) mass is 168 g/mol. The normalized spacial score (nSPS) is 12.8. The fraction of sp³-hybridized carbons (Fsp3) is 0.250. The Morgan fingerprint density at radius 2 is 2.00 bits per heavy atom. The van der Waals surface area contributed by atoms with Gasteiger partial charge in [-0.05, 0) is 18.2 Å². The molecule has 0 radical (unpaired) electrons. The standard InChI is InChI=1S/C8H12N2O2/c9-4-7(10)6-3-5(11)1-2-8(6)12/h1-3,7,11-12H,4,9-10H2/t7-/m1/s1. The molecule has 0 fully saturated rings. The topological polar surface area (TPSA) is 92.5 Å². The van der Waals surface area contributed by atoms with Crippen molar-refractivity contribution in [2.75, 3.05) is 6.54 Å². The summed E-state index contributed by atoms with van der Waals surface area (Å²) < 4.78 is 0. The Balaban J connectivity index is 3.04. The lowest BCUT2D eigenvalue weighted by atomic mass is 10.1. The number of benzene rings is 1. The largest absolute Gasteiger partial charge is 0.508 e. The lowest BCUT2D eigenvalue weighted by molar-refractivity contribution is 0.449. The van der Waals surface area contributed by atoms with Crippen molar-refractivity contribution in [2.45, 2.75) is 6.04 Å². The summed E-state index contributed by atoms with van der Waals surface area (Å²) in [6.07, 6.45) is 0. The third-order valence-electron chi connectivity index (χ3n) is 1.66. The van der Waals surface area contributed by atoms with Crippen LogP contribution < -0.4 is 11.5 Å². The van der Waals surface area contributed by atoms with Gasteiger partial charge in [-0.3, -0.25) is 0 Å². The van der Waals surface area contributed by atoms with Crippen molar-refractivity contribution in [3.05, 3.63) is 23.8 Å². The van der Waals surface area contributed by atoms with Gasteiger partial charge < -0.3 is 21.7 Å². The van der Waals surface area contributed by atoms with E-state index in [1.807, 2.05) is 0 Å². The molecule has 1 rings (SSSR count). The Bertz CT molecular complexity index is 276. The lowest BCUT2D eigenvalue weighted by Crippen LogP contribution is -2.20. The highest BCUT2D eigenvalue weighted by Crippen LogP contribution is 2.25. The minimum atomic E-state index is -0.433. The highest BCUT2D eigenvalue weighted by atomic mass is 16.3. The Labute approximate surface area is 70.4 Å². The molecular formula is C8H12N2O2. The molecule has 1 aromatic carbocycles. The van der Waals surface area contributed by atoms with E-state index < -0.39 is 6.04 Å². The van der Waals surface area contributed by atoms with Crippen LogP contribution >= 0.6 is 0 Å². The SMILES string of the molecule is NC[C@@H](N)c1cc(O)ccc1O. The number of phenols is 2. The summed E-state index contributed by atoms with van der Waals surface area (Å²) in [6.45, 7) is 0.233. The molecule has 0 saturated carbocycles. The van der Waals surface area contributed by atoms with Crippen LogP contribution in [0.2, 0.25) is 0 Å². The van der Waals surface area contributed by atoms with Gasteiger partial charge in [-0.2, -0.15) is 0 Å². The molecule has 1 atom stereocenters. The van der Waals surface area contributed by atoms with E-state index in [0.29, 0.717) is 5.56 Å². The maximum atomic E-state index is 9.29. The van der Waals surface area contributed by atoms with Crippen molar-refractivity contribution in [1.82, 2.24) is 0 Å². The Morgan fingerprint density at radius 3 is 2.58 bits per heavy atom. The highest BCUT2D eigenvalue weighted by molar-refractivity contribution is 5.40. The zero-order chi connectivity index (χ0) is 9.14. The molecule has 4 heteroatoms. The van der Waals surface area contributed by atoms with Crippen molar-refractivity contribution >= 4 is 0 Å². The first-order valence-electron chi connectivity index (χ1n) is 3.62. The number of hydrogen-bond acceptors (Lipinski definition) is 4. The molecular weight excluding hydrogens is 156 g/mol. The summed E-state index contributed by atoms with van der Waals surface area (Å²) >= 11 is 0. The molecule has 66 valence electrons. The molecule has 0 aliphatic heterocycles. The van der Waals surface area contributed by atoms with Crippen molar-refractivity contribution in [3.8, 4) is 11.5 Å². The molecule has 0 unspecified atom stereocenters. The van der Waals surface area contributed by atoms with E-state index in [-0.39, 0.29) is 18.0 Å². The predicted octanol–water partition coefficient (Wildman–Crippen LogP) is 0.0563. The van der Waals surface area contributed by atoms with Crippen molar-refractivity contribution in [1.29, 1.82) is 0 Å². The van der Waals surface area contributed by atoms with Crippen LogP contribution in [0.1, 0.15) is 11.6 Å². The second kappa shape index (κ2) is 3.42. The minimum absolute atomic E-state index is 0.0609. The highest BCUT2D eigenvalue weighted by Gasteiger charge is 2.09. The van der Waals surface area contributed by atoms with Gasteiger partial charge in [0.25, 0.3) is 0 Å². The summed E-state index contributed by atoms with van der Waals surface area (Å²) in [7, 11) is 0. The van der Waals surface area contributed by atoms with Gasteiger partial charge in [-0.25, -0.2) is 0 Å². The molecule has 0 spiro atoms. The smallest absolute Gasteiger partial charge is 0.120 e. The number of aromatic hydroxyl groups is 2. The molecule has 0 bridgehead atoms. The van der Waals surface area contributed by atoms with Gasteiger partial charge in [-0.1, -0.05) is 0 Å². The minimum Gasteiger partial charge on any atom is -0.508 e. The van der Waals surface area contributed by atoms with E-state index in [9.17, 15) is 5.11 Å². The second-order valence-corrected chi connectivity index (χ2v) is 2.59. The molecule has 0 aliphatic rings. The van der Waals surface area contributed by atoms with Gasteiger partial charge >= 0.3 is 0 Å². The van der Waals surface area contributed by atoms with Crippen LogP contribution in [0.4, 0.5) is 0 Å². The molecule has 4 nitrogen and oxygen atoms in total. The van der Waals surface area contributed by atoms with Crippen LogP contribution in [-0.4, -0.2) is 16.8 Å². The van der Waals surface area contributed by atoms with Crippen molar-refractivity contribution in [3.63, 3.8) is 0 Å². The Morgan fingerprint density at radius 1 is 1.33 bits per heavy atom. The van der Waals surface area contributed by atoms with Crippen LogP contribution in [0.25, 0.3) is 0 Å². The summed E-state index contributed by atoms with van der Waals surface area (Å²) in [6, 6.07) is 3.76. The van der Waals surface area contributed by atoms with E-state index in [1.165, 1.54) is 18.2 Å². The zero-order valence-electron chi connectivity index (χ0n) is 6.57. The molecule has 6 N–H and O–H groups in total. The second-order valence-electron chi connectivity index (χ2n) is 2.59. The Hall–Kier alpha value is -1.26. The van der Waals surface area contributed by atoms with Gasteiger partial charge in [0.15, 0.2) is 0 Å². The van der Waals surface area contributed by atoms with Gasteiger partial charge in [-0.15, -0.1) is 0 Å². The van der Waals surface area contributed by atoms with Crippen molar-refractivity contribution in [2.24, 2.45) is 11.5 Å². The zero-order valence-corrected chi connectivity index (χ0v) is 6.57. The van der Waals surface area contributed by atoms with Crippen LogP contribution in [0.5, 0.6) is 11.5 Å². The fourth-order valence-electron chi connectivity index (χ4n) is 0.966. The first-order chi connectivity index (χ1) is 5.65. The Kier molecular flexibility index (Phi) is 2.52. The van der Waals surface area contributed by atoms with E-state index >= 15 is 0 Å². The summed E-state index contributed by atoms with van der Waals surface area (Å²) in [5.74, 6) is 0.137. The molecule has 12 heavy (non-hydrogen) atoms. The molecule has 1 aromatic rings. The number of nitrogens with two attached hydrogens (primary N) is 2. The molecule has 0 amide bonds. The van der Waals surface area contributed by atoms with E-state index in [1.54, 1.807) is 0 Å². The van der Waals surface area contributed by atoms with Crippen LogP contribution in [0.15, 0.2) is 18.2 Å². The van der Waals surface area contributed by atoms with Gasteiger partial charge in [0, 0.05) is 18.2 Å². The van der Waals surface area contributed by atoms with E-state index in [4.69, 9.17) is 16.6 Å². The van der Waals surface area contributed by atoms with Gasteiger partial charge in [0.2, 0.25) is 0 Å². The molecule has 0 aliphatic carbocycles. The fourth-order valence-corrected chi connectivity index (χ4v) is 0.966. The van der Waals surface area contributed by atoms with E-state index in [2.05, 4.69) is 0 Å². The summed E-state index contributed by atoms with van der Waals surface area (Å²) in [5, 5.41) is 18.4. The summed E-state index contributed by atoms with van der Waals surface area (Å²) in [5.41, 5.74) is 11.3. The van der Waals surface area contributed by atoms with Crippen LogP contribution in [-0.2, 0) is 0 Å². The first kappa shape index (κ1) is 8.83. The average molecular weight is 168 g/mol. The number of rotatable bonds is 2.